The molecule has 34 heavy (non-hydrogen) atoms. The molecule has 0 saturated heterocycles. The zero-order valence-corrected chi connectivity index (χ0v) is 19.2. The summed E-state index contributed by atoms with van der Waals surface area (Å²) >= 11 is 6.07. The van der Waals surface area contributed by atoms with Crippen molar-refractivity contribution in [3.8, 4) is 11.4 Å². The smallest absolute Gasteiger partial charge is 0.413 e. The fourth-order valence-corrected chi connectivity index (χ4v) is 4.84. The standard InChI is InChI=1S/C22H22ClN7O4/c1-12(14-4-3-7-24-17(14)23)34-20(32)27-18-16(28-29-30(18)2)15-6-5-13(8-25-15)26-19(31)21-9-22(33,10-21)11-21/h3-8,12,33H,9-11H2,1-2H3,(H,26,31)(H,27,32)/t12-,21?,22?/m1/s1. The van der Waals surface area contributed by atoms with Gasteiger partial charge in [-0.2, -0.15) is 0 Å². The fourth-order valence-electron chi connectivity index (χ4n) is 4.57. The lowest BCUT2D eigenvalue weighted by molar-refractivity contribution is -0.247. The molecule has 3 fully saturated rings. The molecular weight excluding hydrogens is 462 g/mol. The Hall–Kier alpha value is -3.57. The monoisotopic (exact) mass is 483 g/mol. The highest BCUT2D eigenvalue weighted by Crippen LogP contribution is 2.67. The number of ether oxygens (including phenoxy) is 1. The van der Waals surface area contributed by atoms with E-state index >= 15 is 0 Å². The minimum Gasteiger partial charge on any atom is -0.441 e. The van der Waals surface area contributed by atoms with Crippen molar-refractivity contribution in [2.24, 2.45) is 12.5 Å². The summed E-state index contributed by atoms with van der Waals surface area (Å²) in [5.74, 6) is 0.186. The number of nitrogens with zero attached hydrogens (tertiary/aromatic N) is 5. The maximum Gasteiger partial charge on any atom is 0.413 e. The number of aliphatic hydroxyl groups is 1. The van der Waals surface area contributed by atoms with E-state index in [1.807, 2.05) is 0 Å². The number of amides is 2. The van der Waals surface area contributed by atoms with Gasteiger partial charge in [-0.1, -0.05) is 22.9 Å². The van der Waals surface area contributed by atoms with Crippen LogP contribution < -0.4 is 10.6 Å². The van der Waals surface area contributed by atoms with E-state index in [0.29, 0.717) is 47.7 Å². The molecule has 176 valence electrons. The second-order valence-corrected chi connectivity index (χ2v) is 9.25. The van der Waals surface area contributed by atoms with Crippen molar-refractivity contribution in [1.82, 2.24) is 25.0 Å². The SMILES string of the molecule is C[C@@H](OC(=O)Nc1c(-c2ccc(NC(=O)C34CC(O)(C3)C4)cn2)nnn1C)c1cccnc1Cl. The van der Waals surface area contributed by atoms with Gasteiger partial charge in [0.2, 0.25) is 5.91 Å². The molecule has 3 aliphatic rings. The molecule has 3 N–H and O–H groups in total. The zero-order chi connectivity index (χ0) is 24.1. The third-order valence-electron chi connectivity index (χ3n) is 6.30. The molecule has 3 aliphatic carbocycles. The van der Waals surface area contributed by atoms with E-state index < -0.39 is 23.2 Å². The molecule has 3 saturated carbocycles. The van der Waals surface area contributed by atoms with Gasteiger partial charge in [0.05, 0.1) is 28.6 Å². The Kier molecular flexibility index (Phi) is 5.25. The van der Waals surface area contributed by atoms with Gasteiger partial charge in [-0.3, -0.25) is 15.1 Å². The van der Waals surface area contributed by atoms with Crippen LogP contribution in [0.2, 0.25) is 5.15 Å². The summed E-state index contributed by atoms with van der Waals surface area (Å²) in [5.41, 5.74) is 0.807. The normalized spacial score (nSPS) is 23.3. The van der Waals surface area contributed by atoms with Crippen LogP contribution in [-0.2, 0) is 16.6 Å². The summed E-state index contributed by atoms with van der Waals surface area (Å²) in [6.07, 6.45) is 3.23. The van der Waals surface area contributed by atoms with E-state index in [0.717, 1.165) is 0 Å². The van der Waals surface area contributed by atoms with Gasteiger partial charge in [-0.15, -0.1) is 5.10 Å². The number of pyridine rings is 2. The lowest BCUT2D eigenvalue weighted by atomic mass is 9.41. The van der Waals surface area contributed by atoms with Crippen LogP contribution >= 0.6 is 11.6 Å². The molecule has 2 amide bonds. The molecule has 3 aromatic rings. The molecule has 1 atom stereocenters. The average molecular weight is 484 g/mol. The fraction of sp³-hybridized carbons (Fsp3) is 0.364. The van der Waals surface area contributed by atoms with Crippen LogP contribution in [0, 0.1) is 5.41 Å². The van der Waals surface area contributed by atoms with Crippen LogP contribution in [0.15, 0.2) is 36.7 Å². The van der Waals surface area contributed by atoms with Gasteiger partial charge < -0.3 is 15.2 Å². The maximum atomic E-state index is 12.5. The first-order valence-electron chi connectivity index (χ1n) is 10.7. The van der Waals surface area contributed by atoms with Crippen LogP contribution in [0.25, 0.3) is 11.4 Å². The second-order valence-electron chi connectivity index (χ2n) is 8.89. The van der Waals surface area contributed by atoms with Gasteiger partial charge in [0, 0.05) is 18.8 Å². The highest BCUT2D eigenvalue weighted by molar-refractivity contribution is 6.30. The van der Waals surface area contributed by atoms with E-state index in [4.69, 9.17) is 16.3 Å². The molecule has 3 heterocycles. The highest BCUT2D eigenvalue weighted by atomic mass is 35.5. The lowest BCUT2D eigenvalue weighted by Gasteiger charge is -2.66. The van der Waals surface area contributed by atoms with E-state index in [1.165, 1.54) is 10.9 Å². The van der Waals surface area contributed by atoms with Gasteiger partial charge in [-0.05, 0) is 44.4 Å². The van der Waals surface area contributed by atoms with Crippen LogP contribution in [0.4, 0.5) is 16.3 Å². The van der Waals surface area contributed by atoms with Gasteiger partial charge in [-0.25, -0.2) is 14.5 Å². The number of hydrogen-bond donors (Lipinski definition) is 3. The van der Waals surface area contributed by atoms with Crippen molar-refractivity contribution in [1.29, 1.82) is 0 Å². The zero-order valence-electron chi connectivity index (χ0n) is 18.4. The minimum atomic E-state index is -0.719. The Bertz CT molecular complexity index is 1260. The van der Waals surface area contributed by atoms with Crippen molar-refractivity contribution < 1.29 is 19.4 Å². The molecule has 0 aliphatic heterocycles. The Morgan fingerprint density at radius 2 is 1.97 bits per heavy atom. The molecule has 0 aromatic carbocycles. The van der Waals surface area contributed by atoms with Crippen molar-refractivity contribution >= 4 is 35.1 Å². The highest BCUT2D eigenvalue weighted by Gasteiger charge is 2.71. The van der Waals surface area contributed by atoms with E-state index in [-0.39, 0.29) is 11.1 Å². The Labute approximate surface area is 199 Å². The molecular formula is C22H22ClN7O4. The topological polar surface area (TPSA) is 144 Å². The van der Waals surface area contributed by atoms with Crippen molar-refractivity contribution in [3.05, 3.63) is 47.4 Å². The first kappa shape index (κ1) is 22.2. The number of halogens is 1. The van der Waals surface area contributed by atoms with Crippen LogP contribution in [0.1, 0.15) is 37.9 Å². The van der Waals surface area contributed by atoms with Crippen LogP contribution in [0.5, 0.6) is 0 Å². The number of nitrogens with one attached hydrogen (secondary N) is 2. The summed E-state index contributed by atoms with van der Waals surface area (Å²) in [6, 6.07) is 6.80. The largest absolute Gasteiger partial charge is 0.441 e. The quantitative estimate of drug-likeness (QED) is 0.453. The molecule has 2 bridgehead atoms. The Morgan fingerprint density at radius 1 is 1.21 bits per heavy atom. The first-order chi connectivity index (χ1) is 16.2. The lowest BCUT2D eigenvalue weighted by Crippen LogP contribution is -2.71. The number of anilines is 2. The summed E-state index contributed by atoms with van der Waals surface area (Å²) in [4.78, 5) is 33.4. The second kappa shape index (κ2) is 8.03. The van der Waals surface area contributed by atoms with Crippen molar-refractivity contribution in [2.75, 3.05) is 10.6 Å². The van der Waals surface area contributed by atoms with Crippen molar-refractivity contribution in [2.45, 2.75) is 37.9 Å². The number of carbonyl (C=O) groups excluding carboxylic acids is 2. The summed E-state index contributed by atoms with van der Waals surface area (Å²) < 4.78 is 6.82. The summed E-state index contributed by atoms with van der Waals surface area (Å²) in [7, 11) is 1.62. The molecule has 6 rings (SSSR count). The predicted molar refractivity (Wildman–Crippen MR) is 122 cm³/mol. The molecule has 0 spiro atoms. The van der Waals surface area contributed by atoms with Gasteiger partial charge >= 0.3 is 6.09 Å². The molecule has 11 nitrogen and oxygen atoms in total. The van der Waals surface area contributed by atoms with Gasteiger partial charge in [0.1, 0.15) is 11.3 Å². The van der Waals surface area contributed by atoms with Crippen molar-refractivity contribution in [3.63, 3.8) is 0 Å². The molecule has 0 unspecified atom stereocenters. The number of rotatable bonds is 6. The predicted octanol–water partition coefficient (Wildman–Crippen LogP) is 3.09. The van der Waals surface area contributed by atoms with Crippen LogP contribution in [0.3, 0.4) is 0 Å². The number of carbonyl (C=O) groups is 2. The number of hydrogen-bond acceptors (Lipinski definition) is 8. The van der Waals surface area contributed by atoms with Crippen LogP contribution in [-0.4, -0.2) is 47.7 Å². The third kappa shape index (κ3) is 3.86. The van der Waals surface area contributed by atoms with Gasteiger partial charge in [0.15, 0.2) is 11.5 Å². The Balaban J connectivity index is 1.25. The van der Waals surface area contributed by atoms with E-state index in [2.05, 4.69) is 30.9 Å². The summed E-state index contributed by atoms with van der Waals surface area (Å²) in [6.45, 7) is 1.69. The third-order valence-corrected chi connectivity index (χ3v) is 6.62. The van der Waals surface area contributed by atoms with E-state index in [9.17, 15) is 14.7 Å². The van der Waals surface area contributed by atoms with E-state index in [1.54, 1.807) is 44.4 Å². The summed E-state index contributed by atoms with van der Waals surface area (Å²) in [5, 5.41) is 23.7. The minimum absolute atomic E-state index is 0.106. The van der Waals surface area contributed by atoms with Gasteiger partial charge in [0.25, 0.3) is 0 Å². The molecule has 12 heteroatoms. The number of aryl methyl sites for hydroxylation is 1. The Morgan fingerprint density at radius 3 is 2.62 bits per heavy atom. The first-order valence-corrected chi connectivity index (χ1v) is 11.0. The average Bonchev–Trinajstić information content (AvgIpc) is 3.11. The molecule has 0 radical (unpaired) electrons. The molecule has 3 aromatic heterocycles. The maximum absolute atomic E-state index is 12.5. The number of aromatic nitrogens is 5.